The van der Waals surface area contributed by atoms with Gasteiger partial charge in [0.05, 0.1) is 26.2 Å². The first-order chi connectivity index (χ1) is 17.9. The number of aromatic amines is 1. The first kappa shape index (κ1) is 25.7. The van der Waals surface area contributed by atoms with E-state index in [1.54, 1.807) is 24.3 Å². The maximum Gasteiger partial charge on any atom is 0.252 e. The average molecular weight is 522 g/mol. The summed E-state index contributed by atoms with van der Waals surface area (Å²) in [6.07, 6.45) is 4.50. The number of carbonyl (C=O) groups is 1. The summed E-state index contributed by atoms with van der Waals surface area (Å²) in [6, 6.07) is 10.5. The van der Waals surface area contributed by atoms with Crippen LogP contribution in [-0.4, -0.2) is 47.0 Å². The van der Waals surface area contributed by atoms with Gasteiger partial charge in [-0.3, -0.25) is 14.6 Å². The highest BCUT2D eigenvalue weighted by molar-refractivity contribution is 7.13. The van der Waals surface area contributed by atoms with Gasteiger partial charge in [-0.25, -0.2) is 4.98 Å². The zero-order chi connectivity index (χ0) is 26.4. The van der Waals surface area contributed by atoms with Gasteiger partial charge in [-0.15, -0.1) is 11.3 Å². The molecule has 11 heteroatoms. The van der Waals surface area contributed by atoms with Crippen LogP contribution in [-0.2, 0) is 11.2 Å². The van der Waals surface area contributed by atoms with Crippen LogP contribution in [0.25, 0.3) is 22.6 Å². The smallest absolute Gasteiger partial charge is 0.252 e. The highest BCUT2D eigenvalue weighted by Crippen LogP contribution is 2.38. The molecule has 0 spiro atoms. The predicted octanol–water partition coefficient (Wildman–Crippen LogP) is 4.31. The molecule has 0 unspecified atom stereocenters. The van der Waals surface area contributed by atoms with E-state index < -0.39 is 5.91 Å². The van der Waals surface area contributed by atoms with Gasteiger partial charge in [-0.05, 0) is 41.6 Å². The first-order valence-corrected chi connectivity index (χ1v) is 12.4. The molecule has 0 saturated heterocycles. The lowest BCUT2D eigenvalue weighted by Gasteiger charge is -2.12. The molecule has 3 aromatic heterocycles. The van der Waals surface area contributed by atoms with Gasteiger partial charge in [0.1, 0.15) is 11.5 Å². The topological polar surface area (TPSA) is 120 Å². The van der Waals surface area contributed by atoms with Crippen molar-refractivity contribution in [1.82, 2.24) is 19.7 Å². The minimum absolute atomic E-state index is 0.225. The molecule has 2 N–H and O–H groups in total. The van der Waals surface area contributed by atoms with E-state index in [0.29, 0.717) is 46.4 Å². The number of carbonyl (C=O) groups excluding carboxylic acids is 1. The van der Waals surface area contributed by atoms with Crippen molar-refractivity contribution in [3.8, 4) is 33.8 Å². The number of benzene rings is 1. The molecule has 37 heavy (non-hydrogen) atoms. The molecular weight excluding hydrogens is 494 g/mol. The second kappa shape index (κ2) is 11.6. The fourth-order valence-electron chi connectivity index (χ4n) is 3.69. The number of anilines is 1. The summed E-state index contributed by atoms with van der Waals surface area (Å²) in [5.74, 6) is 1.59. The van der Waals surface area contributed by atoms with Crippen LogP contribution in [0.1, 0.15) is 24.6 Å². The van der Waals surface area contributed by atoms with E-state index in [-0.39, 0.29) is 11.5 Å². The molecule has 4 rings (SSSR count). The van der Waals surface area contributed by atoms with Crippen LogP contribution in [0.15, 0.2) is 52.6 Å². The Balaban J connectivity index is 1.66. The van der Waals surface area contributed by atoms with Crippen LogP contribution in [0, 0.1) is 0 Å². The molecule has 0 aliphatic heterocycles. The molecule has 10 nitrogen and oxygen atoms in total. The van der Waals surface area contributed by atoms with E-state index in [0.717, 1.165) is 11.3 Å². The number of aryl methyl sites for hydroxylation is 1. The first-order valence-electron chi connectivity index (χ1n) is 11.5. The lowest BCUT2D eigenvalue weighted by molar-refractivity contribution is -0.111. The Labute approximate surface area is 217 Å². The normalized spacial score (nSPS) is 11.0. The van der Waals surface area contributed by atoms with Gasteiger partial charge in [-0.1, -0.05) is 19.4 Å². The number of hydrogen-bond donors (Lipinski definition) is 2. The molecule has 0 atom stereocenters. The predicted molar refractivity (Wildman–Crippen MR) is 143 cm³/mol. The van der Waals surface area contributed by atoms with E-state index >= 15 is 0 Å². The second-order valence-corrected chi connectivity index (χ2v) is 8.84. The number of nitrogens with zero attached hydrogens (tertiary/aromatic N) is 3. The number of ether oxygens (including phenoxy) is 3. The number of aromatic nitrogens is 4. The molecule has 192 valence electrons. The van der Waals surface area contributed by atoms with Crippen LogP contribution >= 0.6 is 11.3 Å². The summed E-state index contributed by atoms with van der Waals surface area (Å²) < 4.78 is 17.5. The lowest BCUT2D eigenvalue weighted by Crippen LogP contribution is -2.18. The van der Waals surface area contributed by atoms with Crippen molar-refractivity contribution in [3.05, 3.63) is 69.5 Å². The largest absolute Gasteiger partial charge is 0.493 e. The van der Waals surface area contributed by atoms with Crippen LogP contribution in [0.3, 0.4) is 0 Å². The van der Waals surface area contributed by atoms with Crippen molar-refractivity contribution in [2.24, 2.45) is 0 Å². The summed E-state index contributed by atoms with van der Waals surface area (Å²) >= 11 is 1.52. The Bertz CT molecular complexity index is 1450. The minimum Gasteiger partial charge on any atom is -0.493 e. The van der Waals surface area contributed by atoms with Crippen molar-refractivity contribution >= 4 is 29.1 Å². The quantitative estimate of drug-likeness (QED) is 0.298. The average Bonchev–Trinajstić information content (AvgIpc) is 3.57. The molecule has 4 aromatic rings. The third-order valence-electron chi connectivity index (χ3n) is 5.34. The van der Waals surface area contributed by atoms with E-state index in [1.807, 2.05) is 24.4 Å². The molecule has 0 aliphatic carbocycles. The van der Waals surface area contributed by atoms with E-state index in [9.17, 15) is 9.59 Å². The number of rotatable bonds is 10. The molecule has 0 radical (unpaired) electrons. The van der Waals surface area contributed by atoms with Gasteiger partial charge in [0.15, 0.2) is 11.5 Å². The molecule has 0 bridgehead atoms. The summed E-state index contributed by atoms with van der Waals surface area (Å²) in [5, 5.41) is 9.39. The third-order valence-corrected chi connectivity index (χ3v) is 6.23. The van der Waals surface area contributed by atoms with Crippen molar-refractivity contribution in [2.75, 3.05) is 26.6 Å². The van der Waals surface area contributed by atoms with E-state index in [4.69, 9.17) is 14.2 Å². The maximum absolute atomic E-state index is 12.9. The zero-order valence-corrected chi connectivity index (χ0v) is 21.7. The Morgan fingerprint density at radius 1 is 1.14 bits per heavy atom. The highest BCUT2D eigenvalue weighted by atomic mass is 32.1. The van der Waals surface area contributed by atoms with Crippen molar-refractivity contribution in [1.29, 1.82) is 0 Å². The standard InChI is InChI=1S/C26H27N5O5S/c1-5-7-17-14-24(33)29-26(27-17)31-22(15-18(30-31)21-8-6-11-37-21)28-23(32)10-9-16-12-19(34-2)25(36-4)20(13-16)35-3/h6,8-15H,5,7H2,1-4H3,(H,28,32)(H,27,29,33)/b10-9-. The van der Waals surface area contributed by atoms with Gasteiger partial charge in [0, 0.05) is 23.9 Å². The van der Waals surface area contributed by atoms with Gasteiger partial charge in [0.25, 0.3) is 5.56 Å². The van der Waals surface area contributed by atoms with E-state index in [1.165, 1.54) is 49.5 Å². The van der Waals surface area contributed by atoms with Crippen LogP contribution < -0.4 is 25.1 Å². The number of amides is 1. The highest BCUT2D eigenvalue weighted by Gasteiger charge is 2.16. The summed E-state index contributed by atoms with van der Waals surface area (Å²) in [5.41, 5.74) is 1.67. The van der Waals surface area contributed by atoms with Crippen molar-refractivity contribution in [3.63, 3.8) is 0 Å². The van der Waals surface area contributed by atoms with Crippen LogP contribution in [0.5, 0.6) is 17.2 Å². The van der Waals surface area contributed by atoms with Crippen LogP contribution in [0.4, 0.5) is 5.82 Å². The summed E-state index contributed by atoms with van der Waals surface area (Å²) in [4.78, 5) is 33.4. The molecular formula is C26H27N5O5S. The maximum atomic E-state index is 12.9. The van der Waals surface area contributed by atoms with Gasteiger partial charge < -0.3 is 19.5 Å². The zero-order valence-electron chi connectivity index (χ0n) is 20.9. The van der Waals surface area contributed by atoms with Crippen molar-refractivity contribution < 1.29 is 19.0 Å². The number of methoxy groups -OCH3 is 3. The number of thiophene rings is 1. The Morgan fingerprint density at radius 3 is 2.51 bits per heavy atom. The molecule has 3 heterocycles. The molecule has 1 aromatic carbocycles. The number of H-pyrrole nitrogens is 1. The van der Waals surface area contributed by atoms with Gasteiger partial charge >= 0.3 is 0 Å². The monoisotopic (exact) mass is 521 g/mol. The molecule has 0 aliphatic rings. The SMILES string of the molecule is CCCc1cc(=O)[nH]c(-n2nc(-c3cccs3)cc2NC(=O)/C=C\c2cc(OC)c(OC)c(OC)c2)n1. The third kappa shape index (κ3) is 5.89. The molecule has 0 saturated carbocycles. The summed E-state index contributed by atoms with van der Waals surface area (Å²) in [6.45, 7) is 2.01. The molecule has 0 fully saturated rings. The number of hydrogen-bond acceptors (Lipinski definition) is 8. The fourth-order valence-corrected chi connectivity index (χ4v) is 4.37. The van der Waals surface area contributed by atoms with Gasteiger partial charge in [-0.2, -0.15) is 9.78 Å². The van der Waals surface area contributed by atoms with Gasteiger partial charge in [0.2, 0.25) is 17.6 Å². The number of nitrogens with one attached hydrogen (secondary N) is 2. The summed E-state index contributed by atoms with van der Waals surface area (Å²) in [7, 11) is 4.58. The Morgan fingerprint density at radius 2 is 1.89 bits per heavy atom. The molecule has 1 amide bonds. The second-order valence-electron chi connectivity index (χ2n) is 7.90. The van der Waals surface area contributed by atoms with E-state index in [2.05, 4.69) is 20.4 Å². The van der Waals surface area contributed by atoms with Crippen molar-refractivity contribution in [2.45, 2.75) is 19.8 Å². The van der Waals surface area contributed by atoms with Crippen LogP contribution in [0.2, 0.25) is 0 Å². The minimum atomic E-state index is -0.403. The fraction of sp³-hybridized carbons (Fsp3) is 0.231. The Hall–Kier alpha value is -4.38. The Kier molecular flexibility index (Phi) is 8.04. The lowest BCUT2D eigenvalue weighted by atomic mass is 10.1.